The molecule has 2 heterocycles. The number of furan rings is 2. The highest BCUT2D eigenvalue weighted by atomic mass is 16.5. The van der Waals surface area contributed by atoms with Crippen LogP contribution in [0.4, 0.5) is 0 Å². The highest BCUT2D eigenvalue weighted by molar-refractivity contribution is 5.91. The molecule has 0 N–H and O–H groups in total. The Bertz CT molecular complexity index is 868. The van der Waals surface area contributed by atoms with Gasteiger partial charge in [-0.1, -0.05) is 12.1 Å². The van der Waals surface area contributed by atoms with E-state index in [9.17, 15) is 4.79 Å². The number of carbonyl (C=O) groups excluding carboxylic acids is 1. The van der Waals surface area contributed by atoms with Crippen LogP contribution < -0.4 is 4.74 Å². The van der Waals surface area contributed by atoms with Crippen LogP contribution in [-0.4, -0.2) is 17.4 Å². The number of carbonyl (C=O) groups is 1. The highest BCUT2D eigenvalue weighted by Crippen LogP contribution is 2.15. The molecule has 3 aromatic rings. The lowest BCUT2D eigenvalue weighted by Crippen LogP contribution is -2.28. The zero-order valence-electron chi connectivity index (χ0n) is 14.6. The minimum absolute atomic E-state index is 0.00217. The number of amides is 1. The first-order chi connectivity index (χ1) is 13.2. The van der Waals surface area contributed by atoms with Gasteiger partial charge in [0, 0.05) is 6.08 Å². The van der Waals surface area contributed by atoms with Crippen molar-refractivity contribution >= 4 is 12.0 Å². The van der Waals surface area contributed by atoms with Crippen LogP contribution in [0.1, 0.15) is 17.1 Å². The first-order valence-corrected chi connectivity index (χ1v) is 8.36. The van der Waals surface area contributed by atoms with Crippen molar-refractivity contribution < 1.29 is 18.4 Å². The predicted molar refractivity (Wildman–Crippen MR) is 98.3 cm³/mol. The highest BCUT2D eigenvalue weighted by Gasteiger charge is 2.15. The van der Waals surface area contributed by atoms with E-state index in [0.717, 1.165) is 5.56 Å². The van der Waals surface area contributed by atoms with Gasteiger partial charge in [-0.2, -0.15) is 5.26 Å². The Labute approximate surface area is 156 Å². The van der Waals surface area contributed by atoms with Crippen molar-refractivity contribution in [2.24, 2.45) is 0 Å². The lowest BCUT2D eigenvalue weighted by molar-refractivity contribution is -0.127. The van der Waals surface area contributed by atoms with Gasteiger partial charge in [0.1, 0.15) is 23.3 Å². The molecule has 6 nitrogen and oxygen atoms in total. The Morgan fingerprint density at radius 3 is 2.19 bits per heavy atom. The van der Waals surface area contributed by atoms with Crippen molar-refractivity contribution in [3.05, 3.63) is 84.2 Å². The maximum absolute atomic E-state index is 12.7. The predicted octanol–water partition coefficient (Wildman–Crippen LogP) is 4.02. The molecule has 1 amide bonds. The Hall–Kier alpha value is -3.72. The number of hydrogen-bond donors (Lipinski definition) is 0. The van der Waals surface area contributed by atoms with E-state index in [-0.39, 0.29) is 12.5 Å². The van der Waals surface area contributed by atoms with E-state index in [4.69, 9.17) is 18.8 Å². The SMILES string of the molecule is N#CCOc1ccc(/C=C/C(=O)N(Cc2ccco2)Cc2ccco2)cc1. The standard InChI is InChI=1S/C21H18N2O4/c22-11-14-27-18-8-5-17(6-9-18)7-10-21(24)23(15-19-3-1-12-25-19)16-20-4-2-13-26-20/h1-10,12-13H,14-16H2/b10-7+. The van der Waals surface area contributed by atoms with E-state index < -0.39 is 0 Å². The first-order valence-electron chi connectivity index (χ1n) is 8.36. The summed E-state index contributed by atoms with van der Waals surface area (Å²) in [6.45, 7) is 0.692. The van der Waals surface area contributed by atoms with E-state index in [1.54, 1.807) is 47.8 Å². The molecule has 0 fully saturated rings. The molecule has 3 rings (SSSR count). The Balaban J connectivity index is 1.67. The normalized spacial score (nSPS) is 10.6. The number of ether oxygens (including phenoxy) is 1. The van der Waals surface area contributed by atoms with Crippen molar-refractivity contribution in [2.75, 3.05) is 6.61 Å². The van der Waals surface area contributed by atoms with E-state index in [0.29, 0.717) is 30.4 Å². The van der Waals surface area contributed by atoms with Crippen molar-refractivity contribution in [3.8, 4) is 11.8 Å². The summed E-state index contributed by atoms with van der Waals surface area (Å²) in [5, 5.41) is 8.52. The topological polar surface area (TPSA) is 79.6 Å². The lowest BCUT2D eigenvalue weighted by Gasteiger charge is -2.18. The van der Waals surface area contributed by atoms with Gasteiger partial charge >= 0.3 is 0 Å². The number of nitrogens with zero attached hydrogens (tertiary/aromatic N) is 2. The third kappa shape index (κ3) is 5.38. The third-order valence-corrected chi connectivity index (χ3v) is 3.77. The number of hydrogen-bond acceptors (Lipinski definition) is 5. The molecule has 0 aliphatic carbocycles. The molecule has 0 saturated heterocycles. The molecule has 2 aromatic heterocycles. The van der Waals surface area contributed by atoms with Crippen LogP contribution in [0.15, 0.2) is 76.0 Å². The molecular weight excluding hydrogens is 344 g/mol. The smallest absolute Gasteiger partial charge is 0.247 e. The van der Waals surface area contributed by atoms with Crippen molar-refractivity contribution in [1.29, 1.82) is 5.26 Å². The lowest BCUT2D eigenvalue weighted by atomic mass is 10.2. The molecule has 1 aromatic carbocycles. The summed E-state index contributed by atoms with van der Waals surface area (Å²) < 4.78 is 15.9. The fourth-order valence-electron chi connectivity index (χ4n) is 2.46. The average molecular weight is 362 g/mol. The quantitative estimate of drug-likeness (QED) is 0.566. The van der Waals surface area contributed by atoms with Gasteiger partial charge in [-0.25, -0.2) is 0 Å². The van der Waals surface area contributed by atoms with Crippen LogP contribution in [0, 0.1) is 11.3 Å². The van der Waals surface area contributed by atoms with Crippen molar-refractivity contribution in [3.63, 3.8) is 0 Å². The van der Waals surface area contributed by atoms with Gasteiger partial charge in [-0.05, 0) is 48.0 Å². The van der Waals surface area contributed by atoms with Gasteiger partial charge in [0.05, 0.1) is 25.6 Å². The summed E-state index contributed by atoms with van der Waals surface area (Å²) in [5.41, 5.74) is 0.851. The minimum Gasteiger partial charge on any atom is -0.479 e. The number of nitriles is 1. The van der Waals surface area contributed by atoms with E-state index >= 15 is 0 Å². The molecule has 0 aliphatic heterocycles. The molecular formula is C21H18N2O4. The van der Waals surface area contributed by atoms with Crippen molar-refractivity contribution in [2.45, 2.75) is 13.1 Å². The minimum atomic E-state index is -0.160. The van der Waals surface area contributed by atoms with Crippen LogP contribution in [0.5, 0.6) is 5.75 Å². The molecule has 136 valence electrons. The second-order valence-electron chi connectivity index (χ2n) is 5.70. The summed E-state index contributed by atoms with van der Waals surface area (Å²) in [6.07, 6.45) is 6.40. The summed E-state index contributed by atoms with van der Waals surface area (Å²) in [4.78, 5) is 14.3. The van der Waals surface area contributed by atoms with Gasteiger partial charge in [0.25, 0.3) is 0 Å². The van der Waals surface area contributed by atoms with Gasteiger partial charge in [0.2, 0.25) is 5.91 Å². The fourth-order valence-corrected chi connectivity index (χ4v) is 2.46. The molecule has 0 radical (unpaired) electrons. The number of benzene rings is 1. The van der Waals surface area contributed by atoms with Gasteiger partial charge in [-0.3, -0.25) is 4.79 Å². The Morgan fingerprint density at radius 1 is 1.04 bits per heavy atom. The summed E-state index contributed by atoms with van der Waals surface area (Å²) >= 11 is 0. The molecule has 0 saturated carbocycles. The maximum atomic E-state index is 12.7. The summed E-state index contributed by atoms with van der Waals surface area (Å²) in [6, 6.07) is 16.3. The second-order valence-corrected chi connectivity index (χ2v) is 5.70. The molecule has 0 unspecified atom stereocenters. The summed E-state index contributed by atoms with van der Waals surface area (Å²) in [5.74, 6) is 1.84. The zero-order valence-corrected chi connectivity index (χ0v) is 14.6. The largest absolute Gasteiger partial charge is 0.479 e. The van der Waals surface area contributed by atoms with Crippen LogP contribution >= 0.6 is 0 Å². The van der Waals surface area contributed by atoms with Crippen LogP contribution in [0.3, 0.4) is 0 Å². The zero-order chi connectivity index (χ0) is 18.9. The van der Waals surface area contributed by atoms with Crippen LogP contribution in [0.25, 0.3) is 6.08 Å². The molecule has 0 spiro atoms. The van der Waals surface area contributed by atoms with Crippen molar-refractivity contribution in [1.82, 2.24) is 4.90 Å². The van der Waals surface area contributed by atoms with E-state index in [2.05, 4.69) is 0 Å². The first kappa shape index (κ1) is 18.1. The van der Waals surface area contributed by atoms with Crippen LogP contribution in [-0.2, 0) is 17.9 Å². The van der Waals surface area contributed by atoms with E-state index in [1.165, 1.54) is 6.08 Å². The molecule has 27 heavy (non-hydrogen) atoms. The molecule has 0 atom stereocenters. The second kappa shape index (κ2) is 9.11. The van der Waals surface area contributed by atoms with Crippen LogP contribution in [0.2, 0.25) is 0 Å². The Morgan fingerprint density at radius 2 is 1.67 bits per heavy atom. The molecule has 0 bridgehead atoms. The summed E-state index contributed by atoms with van der Waals surface area (Å²) in [7, 11) is 0. The molecule has 6 heteroatoms. The number of rotatable bonds is 8. The average Bonchev–Trinajstić information content (AvgIpc) is 3.39. The van der Waals surface area contributed by atoms with E-state index in [1.807, 2.05) is 30.3 Å². The third-order valence-electron chi connectivity index (χ3n) is 3.77. The fraction of sp³-hybridized carbons (Fsp3) is 0.143. The van der Waals surface area contributed by atoms with Gasteiger partial charge in [0.15, 0.2) is 6.61 Å². The monoisotopic (exact) mass is 362 g/mol. The Kier molecular flexibility index (Phi) is 6.10. The van der Waals surface area contributed by atoms with Gasteiger partial charge < -0.3 is 18.5 Å². The maximum Gasteiger partial charge on any atom is 0.247 e. The molecule has 0 aliphatic rings. The van der Waals surface area contributed by atoms with Gasteiger partial charge in [-0.15, -0.1) is 0 Å².